The summed E-state index contributed by atoms with van der Waals surface area (Å²) in [7, 11) is 0. The lowest BCUT2D eigenvalue weighted by molar-refractivity contribution is 0.199. The maximum absolute atomic E-state index is 9.35. The molecule has 1 heterocycles. The third-order valence-corrected chi connectivity index (χ3v) is 4.27. The van der Waals surface area contributed by atoms with E-state index < -0.39 is 0 Å². The minimum Gasteiger partial charge on any atom is -0.396 e. The zero-order valence-corrected chi connectivity index (χ0v) is 10.1. The SMILES string of the molecule is OCC1CCCC1NC1CCc2cccnc21. The molecule has 2 aliphatic rings. The lowest BCUT2D eigenvalue weighted by Crippen LogP contribution is -2.36. The van der Waals surface area contributed by atoms with Gasteiger partial charge in [0.05, 0.1) is 11.7 Å². The number of pyridine rings is 1. The number of nitrogens with one attached hydrogen (secondary N) is 1. The Labute approximate surface area is 102 Å². The normalized spacial score (nSPS) is 31.7. The van der Waals surface area contributed by atoms with E-state index in [1.165, 1.54) is 24.1 Å². The molecule has 3 heteroatoms. The summed E-state index contributed by atoms with van der Waals surface area (Å²) < 4.78 is 0. The van der Waals surface area contributed by atoms with E-state index in [1.54, 1.807) is 0 Å². The molecule has 2 aliphatic carbocycles. The van der Waals surface area contributed by atoms with Crippen molar-refractivity contribution in [2.75, 3.05) is 6.61 Å². The average molecular weight is 232 g/mol. The number of hydrogen-bond acceptors (Lipinski definition) is 3. The lowest BCUT2D eigenvalue weighted by Gasteiger charge is -2.23. The number of fused-ring (bicyclic) bond motifs is 1. The Morgan fingerprint density at radius 2 is 2.29 bits per heavy atom. The molecule has 0 radical (unpaired) electrons. The Balaban J connectivity index is 1.71. The van der Waals surface area contributed by atoms with Gasteiger partial charge in [-0.05, 0) is 43.2 Å². The van der Waals surface area contributed by atoms with Crippen molar-refractivity contribution in [2.24, 2.45) is 5.92 Å². The predicted molar refractivity (Wildman–Crippen MR) is 66.6 cm³/mol. The van der Waals surface area contributed by atoms with Crippen LogP contribution in [-0.4, -0.2) is 22.7 Å². The Kier molecular flexibility index (Phi) is 3.12. The first-order valence-corrected chi connectivity index (χ1v) is 6.69. The molecule has 0 aliphatic heterocycles. The van der Waals surface area contributed by atoms with Gasteiger partial charge in [-0.25, -0.2) is 0 Å². The van der Waals surface area contributed by atoms with Crippen molar-refractivity contribution in [1.82, 2.24) is 10.3 Å². The Morgan fingerprint density at radius 3 is 3.18 bits per heavy atom. The van der Waals surface area contributed by atoms with Crippen molar-refractivity contribution in [3.8, 4) is 0 Å². The van der Waals surface area contributed by atoms with Crippen LogP contribution in [0.3, 0.4) is 0 Å². The highest BCUT2D eigenvalue weighted by Gasteiger charge is 2.31. The number of aryl methyl sites for hydroxylation is 1. The van der Waals surface area contributed by atoms with E-state index in [-0.39, 0.29) is 0 Å². The summed E-state index contributed by atoms with van der Waals surface area (Å²) >= 11 is 0. The van der Waals surface area contributed by atoms with Crippen molar-refractivity contribution >= 4 is 0 Å². The molecular formula is C14H20N2O. The summed E-state index contributed by atoms with van der Waals surface area (Å²) in [6.07, 6.45) is 7.78. The number of rotatable bonds is 3. The van der Waals surface area contributed by atoms with Gasteiger partial charge in [0, 0.05) is 18.8 Å². The highest BCUT2D eigenvalue weighted by molar-refractivity contribution is 5.28. The van der Waals surface area contributed by atoms with E-state index in [4.69, 9.17) is 0 Å². The first-order valence-electron chi connectivity index (χ1n) is 6.69. The van der Waals surface area contributed by atoms with Crippen LogP contribution in [-0.2, 0) is 6.42 Å². The van der Waals surface area contributed by atoms with Crippen LogP contribution < -0.4 is 5.32 Å². The van der Waals surface area contributed by atoms with Gasteiger partial charge in [0.25, 0.3) is 0 Å². The minimum absolute atomic E-state index is 0.319. The average Bonchev–Trinajstić information content (AvgIpc) is 2.97. The topological polar surface area (TPSA) is 45.1 Å². The van der Waals surface area contributed by atoms with Gasteiger partial charge in [0.1, 0.15) is 0 Å². The number of aliphatic hydroxyl groups excluding tert-OH is 1. The fourth-order valence-electron chi connectivity index (χ4n) is 3.31. The minimum atomic E-state index is 0.319. The maximum atomic E-state index is 9.35. The van der Waals surface area contributed by atoms with E-state index in [0.717, 1.165) is 19.3 Å². The number of aliphatic hydroxyl groups is 1. The molecule has 3 rings (SSSR count). The van der Waals surface area contributed by atoms with Crippen LogP contribution in [0, 0.1) is 5.92 Å². The lowest BCUT2D eigenvalue weighted by atomic mass is 10.0. The third-order valence-electron chi connectivity index (χ3n) is 4.27. The summed E-state index contributed by atoms with van der Waals surface area (Å²) in [5.74, 6) is 0.447. The summed E-state index contributed by atoms with van der Waals surface area (Å²) in [4.78, 5) is 4.51. The highest BCUT2D eigenvalue weighted by Crippen LogP contribution is 2.33. The molecule has 0 amide bonds. The third kappa shape index (κ3) is 2.09. The van der Waals surface area contributed by atoms with Crippen LogP contribution in [0.2, 0.25) is 0 Å². The highest BCUT2D eigenvalue weighted by atomic mass is 16.3. The van der Waals surface area contributed by atoms with Crippen LogP contribution in [0.1, 0.15) is 43.0 Å². The van der Waals surface area contributed by atoms with Gasteiger partial charge in [-0.2, -0.15) is 0 Å². The zero-order valence-electron chi connectivity index (χ0n) is 10.1. The van der Waals surface area contributed by atoms with Gasteiger partial charge in [0.2, 0.25) is 0 Å². The van der Waals surface area contributed by atoms with Crippen LogP contribution in [0.4, 0.5) is 0 Å². The standard InChI is InChI=1S/C14H20N2O/c17-9-11-3-1-5-12(11)16-13-7-6-10-4-2-8-15-14(10)13/h2,4,8,11-13,16-17H,1,3,5-7,9H2. The largest absolute Gasteiger partial charge is 0.396 e. The monoisotopic (exact) mass is 232 g/mol. The summed E-state index contributed by atoms with van der Waals surface area (Å²) in [6.45, 7) is 0.319. The molecule has 3 atom stereocenters. The second-order valence-electron chi connectivity index (χ2n) is 5.29. The van der Waals surface area contributed by atoms with Crippen molar-refractivity contribution in [3.05, 3.63) is 29.6 Å². The molecule has 1 fully saturated rings. The Bertz CT molecular complexity index is 394. The molecule has 0 aromatic carbocycles. The van der Waals surface area contributed by atoms with Gasteiger partial charge in [-0.3, -0.25) is 4.98 Å². The quantitative estimate of drug-likeness (QED) is 0.835. The molecule has 3 unspecified atom stereocenters. The maximum Gasteiger partial charge on any atom is 0.0605 e. The van der Waals surface area contributed by atoms with E-state index in [9.17, 15) is 5.11 Å². The molecule has 1 saturated carbocycles. The molecule has 2 N–H and O–H groups in total. The number of hydrogen-bond donors (Lipinski definition) is 2. The molecule has 3 nitrogen and oxygen atoms in total. The van der Waals surface area contributed by atoms with Gasteiger partial charge < -0.3 is 10.4 Å². The van der Waals surface area contributed by atoms with E-state index >= 15 is 0 Å². The molecule has 0 spiro atoms. The first kappa shape index (κ1) is 11.2. The molecule has 1 aromatic rings. The van der Waals surface area contributed by atoms with Crippen LogP contribution in [0.15, 0.2) is 18.3 Å². The molecule has 92 valence electrons. The summed E-state index contributed by atoms with van der Waals surface area (Å²) in [6, 6.07) is 5.09. The van der Waals surface area contributed by atoms with Gasteiger partial charge in [0.15, 0.2) is 0 Å². The summed E-state index contributed by atoms with van der Waals surface area (Å²) in [5.41, 5.74) is 2.62. The predicted octanol–water partition coefficient (Wildman–Crippen LogP) is 1.82. The molecule has 17 heavy (non-hydrogen) atoms. The second kappa shape index (κ2) is 4.75. The van der Waals surface area contributed by atoms with Crippen molar-refractivity contribution in [2.45, 2.75) is 44.2 Å². The Hall–Kier alpha value is -0.930. The van der Waals surface area contributed by atoms with Gasteiger partial charge >= 0.3 is 0 Å². The van der Waals surface area contributed by atoms with Crippen molar-refractivity contribution in [3.63, 3.8) is 0 Å². The Morgan fingerprint density at radius 1 is 1.35 bits per heavy atom. The van der Waals surface area contributed by atoms with Gasteiger partial charge in [-0.1, -0.05) is 12.5 Å². The number of aromatic nitrogens is 1. The van der Waals surface area contributed by atoms with Crippen LogP contribution in [0.25, 0.3) is 0 Å². The molecule has 0 bridgehead atoms. The van der Waals surface area contributed by atoms with E-state index in [2.05, 4.69) is 16.4 Å². The smallest absolute Gasteiger partial charge is 0.0605 e. The molecule has 0 saturated heterocycles. The van der Waals surface area contributed by atoms with Crippen molar-refractivity contribution < 1.29 is 5.11 Å². The van der Waals surface area contributed by atoms with Crippen LogP contribution in [0.5, 0.6) is 0 Å². The first-order chi connectivity index (χ1) is 8.38. The number of nitrogens with zero attached hydrogens (tertiary/aromatic N) is 1. The van der Waals surface area contributed by atoms with Crippen molar-refractivity contribution in [1.29, 1.82) is 0 Å². The fourth-order valence-corrected chi connectivity index (χ4v) is 3.31. The second-order valence-corrected chi connectivity index (χ2v) is 5.29. The van der Waals surface area contributed by atoms with Crippen LogP contribution >= 0.6 is 0 Å². The fraction of sp³-hybridized carbons (Fsp3) is 0.643. The van der Waals surface area contributed by atoms with E-state index in [1.807, 2.05) is 12.3 Å². The zero-order chi connectivity index (χ0) is 11.7. The molecular weight excluding hydrogens is 212 g/mol. The van der Waals surface area contributed by atoms with E-state index in [0.29, 0.717) is 24.6 Å². The van der Waals surface area contributed by atoms with Gasteiger partial charge in [-0.15, -0.1) is 0 Å². The molecule has 1 aromatic heterocycles. The summed E-state index contributed by atoms with van der Waals surface area (Å²) in [5, 5.41) is 13.1.